The van der Waals surface area contributed by atoms with Crippen molar-refractivity contribution in [2.45, 2.75) is 32.4 Å². The lowest BCUT2D eigenvalue weighted by atomic mass is 10.1. The minimum Gasteiger partial charge on any atom is -0.444 e. The van der Waals surface area contributed by atoms with Crippen LogP contribution in [0.4, 0.5) is 4.79 Å². The molecule has 2 N–H and O–H groups in total. The number of carbonyl (C=O) groups excluding carboxylic acids is 1. The number of hydrogen-bond acceptors (Lipinski definition) is 6. The van der Waals surface area contributed by atoms with Crippen LogP contribution in [0.3, 0.4) is 0 Å². The second-order valence-corrected chi connectivity index (χ2v) is 8.74. The SMILES string of the molecule is CC(C)(C)OC(=O)N1CCN(CCS(C)(=O)=O)C(CN)C1. The molecule has 0 aromatic carbocycles. The summed E-state index contributed by atoms with van der Waals surface area (Å²) >= 11 is 0. The molecule has 0 aliphatic carbocycles. The van der Waals surface area contributed by atoms with Crippen LogP contribution in [0.5, 0.6) is 0 Å². The van der Waals surface area contributed by atoms with Crippen molar-refractivity contribution in [3.8, 4) is 0 Å². The Morgan fingerprint density at radius 3 is 2.43 bits per heavy atom. The lowest BCUT2D eigenvalue weighted by Crippen LogP contribution is -2.58. The number of hydrogen-bond donors (Lipinski definition) is 1. The maximum atomic E-state index is 12.0. The first-order chi connectivity index (χ1) is 9.52. The first-order valence-corrected chi connectivity index (χ1v) is 9.17. The van der Waals surface area contributed by atoms with E-state index in [1.165, 1.54) is 6.26 Å². The highest BCUT2D eigenvalue weighted by atomic mass is 32.2. The maximum Gasteiger partial charge on any atom is 0.410 e. The smallest absolute Gasteiger partial charge is 0.410 e. The van der Waals surface area contributed by atoms with Gasteiger partial charge in [-0.1, -0.05) is 0 Å². The van der Waals surface area contributed by atoms with E-state index >= 15 is 0 Å². The third-order valence-corrected chi connectivity index (χ3v) is 4.20. The molecule has 8 heteroatoms. The summed E-state index contributed by atoms with van der Waals surface area (Å²) in [5.74, 6) is 0.107. The van der Waals surface area contributed by atoms with Gasteiger partial charge < -0.3 is 15.4 Å². The number of sulfone groups is 1. The Morgan fingerprint density at radius 1 is 1.33 bits per heavy atom. The van der Waals surface area contributed by atoms with Gasteiger partial charge in [0.2, 0.25) is 0 Å². The molecule has 1 heterocycles. The number of piperazine rings is 1. The Balaban J connectivity index is 2.58. The van der Waals surface area contributed by atoms with Crippen LogP contribution in [0.1, 0.15) is 20.8 Å². The number of rotatable bonds is 4. The van der Waals surface area contributed by atoms with E-state index in [2.05, 4.69) is 0 Å². The van der Waals surface area contributed by atoms with Gasteiger partial charge in [-0.3, -0.25) is 4.90 Å². The molecule has 0 aromatic rings. The Kier molecular flexibility index (Phi) is 6.01. The Bertz CT molecular complexity index is 459. The van der Waals surface area contributed by atoms with Gasteiger partial charge in [0.05, 0.1) is 5.75 Å². The molecule has 1 unspecified atom stereocenters. The van der Waals surface area contributed by atoms with Crippen molar-refractivity contribution in [1.82, 2.24) is 9.80 Å². The second-order valence-electron chi connectivity index (χ2n) is 6.48. The fraction of sp³-hybridized carbons (Fsp3) is 0.923. The Morgan fingerprint density at radius 2 is 1.95 bits per heavy atom. The molecule has 1 atom stereocenters. The van der Waals surface area contributed by atoms with E-state index < -0.39 is 15.4 Å². The minimum atomic E-state index is -3.00. The fourth-order valence-electron chi connectivity index (χ4n) is 2.19. The minimum absolute atomic E-state index is 0.0342. The van der Waals surface area contributed by atoms with Gasteiger partial charge in [0.15, 0.2) is 0 Å². The predicted molar refractivity (Wildman–Crippen MR) is 81.9 cm³/mol. The molecule has 0 radical (unpaired) electrons. The first-order valence-electron chi connectivity index (χ1n) is 7.11. The molecule has 0 aromatic heterocycles. The van der Waals surface area contributed by atoms with Crippen molar-refractivity contribution in [2.75, 3.05) is 44.7 Å². The van der Waals surface area contributed by atoms with E-state index in [0.29, 0.717) is 32.7 Å². The molecule has 0 saturated carbocycles. The molecule has 21 heavy (non-hydrogen) atoms. The number of nitrogens with two attached hydrogens (primary N) is 1. The third kappa shape index (κ3) is 6.62. The van der Waals surface area contributed by atoms with E-state index in [9.17, 15) is 13.2 Å². The van der Waals surface area contributed by atoms with Crippen LogP contribution in [0.25, 0.3) is 0 Å². The third-order valence-electron chi connectivity index (χ3n) is 3.28. The summed E-state index contributed by atoms with van der Waals surface area (Å²) in [6.07, 6.45) is 0.880. The zero-order chi connectivity index (χ0) is 16.3. The summed E-state index contributed by atoms with van der Waals surface area (Å²) in [5.41, 5.74) is 5.23. The average molecular weight is 321 g/mol. The van der Waals surface area contributed by atoms with Crippen LogP contribution in [0.15, 0.2) is 0 Å². The van der Waals surface area contributed by atoms with Crippen LogP contribution >= 0.6 is 0 Å². The average Bonchev–Trinajstić information content (AvgIpc) is 2.33. The lowest BCUT2D eigenvalue weighted by molar-refractivity contribution is 0.00569. The van der Waals surface area contributed by atoms with Crippen LogP contribution in [-0.2, 0) is 14.6 Å². The van der Waals surface area contributed by atoms with Crippen molar-refractivity contribution < 1.29 is 17.9 Å². The quantitative estimate of drug-likeness (QED) is 0.778. The zero-order valence-corrected chi connectivity index (χ0v) is 14.1. The van der Waals surface area contributed by atoms with Crippen LogP contribution < -0.4 is 5.73 Å². The number of amides is 1. The molecule has 1 amide bonds. The molecule has 0 spiro atoms. The molecule has 1 rings (SSSR count). The van der Waals surface area contributed by atoms with Crippen molar-refractivity contribution in [3.63, 3.8) is 0 Å². The van der Waals surface area contributed by atoms with Gasteiger partial charge in [0.25, 0.3) is 0 Å². The second kappa shape index (κ2) is 6.93. The molecule has 0 bridgehead atoms. The summed E-state index contributed by atoms with van der Waals surface area (Å²) in [5, 5.41) is 0. The molecule has 1 aliphatic heterocycles. The monoisotopic (exact) mass is 321 g/mol. The first kappa shape index (κ1) is 18.2. The topological polar surface area (TPSA) is 92.9 Å². The highest BCUT2D eigenvalue weighted by molar-refractivity contribution is 7.90. The van der Waals surface area contributed by atoms with Crippen molar-refractivity contribution in [1.29, 1.82) is 0 Å². The Hall–Kier alpha value is -0.860. The van der Waals surface area contributed by atoms with Crippen LogP contribution in [0.2, 0.25) is 0 Å². The summed E-state index contributed by atoms with van der Waals surface area (Å²) in [7, 11) is -3.00. The van der Waals surface area contributed by atoms with Crippen LogP contribution in [-0.4, -0.2) is 80.7 Å². The van der Waals surface area contributed by atoms with E-state index in [-0.39, 0.29) is 17.9 Å². The molecule has 1 aliphatic rings. The van der Waals surface area contributed by atoms with E-state index in [1.54, 1.807) is 4.90 Å². The zero-order valence-electron chi connectivity index (χ0n) is 13.3. The maximum absolute atomic E-state index is 12.0. The van der Waals surface area contributed by atoms with Gasteiger partial charge in [0.1, 0.15) is 15.4 Å². The van der Waals surface area contributed by atoms with Gasteiger partial charge in [-0.2, -0.15) is 0 Å². The van der Waals surface area contributed by atoms with Crippen LogP contribution in [0, 0.1) is 0 Å². The van der Waals surface area contributed by atoms with Gasteiger partial charge in [0, 0.05) is 45.0 Å². The Labute approximate surface area is 127 Å². The molecular weight excluding hydrogens is 294 g/mol. The summed E-state index contributed by atoms with van der Waals surface area (Å²) in [4.78, 5) is 15.7. The van der Waals surface area contributed by atoms with Crippen molar-refractivity contribution in [3.05, 3.63) is 0 Å². The molecule has 124 valence electrons. The van der Waals surface area contributed by atoms with Crippen molar-refractivity contribution in [2.24, 2.45) is 5.73 Å². The highest BCUT2D eigenvalue weighted by Crippen LogP contribution is 2.14. The highest BCUT2D eigenvalue weighted by Gasteiger charge is 2.31. The molecule has 1 fully saturated rings. The molecule has 1 saturated heterocycles. The fourth-order valence-corrected chi connectivity index (χ4v) is 2.75. The number of nitrogens with zero attached hydrogens (tertiary/aromatic N) is 2. The number of ether oxygens (including phenoxy) is 1. The largest absolute Gasteiger partial charge is 0.444 e. The standard InChI is InChI=1S/C13H27N3O4S/c1-13(2,3)20-12(17)16-6-5-15(11(9-14)10-16)7-8-21(4,18)19/h11H,5-10,14H2,1-4H3. The van der Waals surface area contributed by atoms with E-state index in [1.807, 2.05) is 25.7 Å². The lowest BCUT2D eigenvalue weighted by Gasteiger charge is -2.41. The predicted octanol–water partition coefficient (Wildman–Crippen LogP) is -0.0890. The van der Waals surface area contributed by atoms with Gasteiger partial charge in [-0.05, 0) is 20.8 Å². The van der Waals surface area contributed by atoms with E-state index in [0.717, 1.165) is 0 Å². The van der Waals surface area contributed by atoms with Gasteiger partial charge in [-0.15, -0.1) is 0 Å². The number of carbonyl (C=O) groups is 1. The summed E-state index contributed by atoms with van der Waals surface area (Å²) in [6.45, 7) is 7.90. The summed E-state index contributed by atoms with van der Waals surface area (Å²) < 4.78 is 27.9. The van der Waals surface area contributed by atoms with Crippen molar-refractivity contribution >= 4 is 15.9 Å². The van der Waals surface area contributed by atoms with Gasteiger partial charge in [-0.25, -0.2) is 13.2 Å². The molecular formula is C13H27N3O4S. The summed E-state index contributed by atoms with van der Waals surface area (Å²) in [6, 6.07) is -0.0342. The van der Waals surface area contributed by atoms with E-state index in [4.69, 9.17) is 10.5 Å². The normalized spacial score (nSPS) is 21.4. The van der Waals surface area contributed by atoms with Gasteiger partial charge >= 0.3 is 6.09 Å². The molecule has 7 nitrogen and oxygen atoms in total.